The summed E-state index contributed by atoms with van der Waals surface area (Å²) in [6, 6.07) is 16.5. The van der Waals surface area contributed by atoms with Gasteiger partial charge in [-0.15, -0.1) is 0 Å². The zero-order chi connectivity index (χ0) is 23.5. The van der Waals surface area contributed by atoms with E-state index in [-0.39, 0.29) is 17.4 Å². The van der Waals surface area contributed by atoms with E-state index in [1.165, 1.54) is 35.6 Å². The second kappa shape index (κ2) is 9.63. The van der Waals surface area contributed by atoms with Crippen LogP contribution < -0.4 is 14.4 Å². The van der Waals surface area contributed by atoms with Crippen LogP contribution in [-0.2, 0) is 14.8 Å². The molecule has 0 spiro atoms. The summed E-state index contributed by atoms with van der Waals surface area (Å²) in [4.78, 5) is 12.5. The van der Waals surface area contributed by atoms with Crippen LogP contribution in [-0.4, -0.2) is 28.0 Å². The van der Waals surface area contributed by atoms with Crippen molar-refractivity contribution in [3.8, 4) is 5.75 Å². The molecule has 3 rings (SSSR count). The van der Waals surface area contributed by atoms with Gasteiger partial charge in [-0.3, -0.25) is 9.10 Å². The SMILES string of the molecule is Cc1cc(C)c(NC(=O)COc2ccc(N(C)S(=O)(=O)c3ccc(Cl)cc3)cc2)c(C)c1. The van der Waals surface area contributed by atoms with Gasteiger partial charge in [0.25, 0.3) is 15.9 Å². The second-order valence-corrected chi connectivity index (χ2v) is 9.94. The molecule has 8 heteroatoms. The summed E-state index contributed by atoms with van der Waals surface area (Å²) in [7, 11) is -2.25. The van der Waals surface area contributed by atoms with Crippen LogP contribution in [0.15, 0.2) is 65.6 Å². The molecule has 0 heterocycles. The molecule has 0 aliphatic rings. The number of sulfonamides is 1. The predicted molar refractivity (Wildman–Crippen MR) is 128 cm³/mol. The van der Waals surface area contributed by atoms with Crippen molar-refractivity contribution in [1.29, 1.82) is 0 Å². The lowest BCUT2D eigenvalue weighted by molar-refractivity contribution is -0.118. The summed E-state index contributed by atoms with van der Waals surface area (Å²) in [6.07, 6.45) is 0. The van der Waals surface area contributed by atoms with Crippen LogP contribution in [0.2, 0.25) is 5.02 Å². The average molecular weight is 473 g/mol. The van der Waals surface area contributed by atoms with E-state index in [2.05, 4.69) is 5.32 Å². The molecule has 0 aromatic heterocycles. The van der Waals surface area contributed by atoms with E-state index in [4.69, 9.17) is 16.3 Å². The summed E-state index contributed by atoms with van der Waals surface area (Å²) in [6.45, 7) is 5.75. The van der Waals surface area contributed by atoms with Crippen LogP contribution in [0, 0.1) is 20.8 Å². The van der Waals surface area contributed by atoms with Crippen LogP contribution in [0.5, 0.6) is 5.75 Å². The Bertz CT molecular complexity index is 1200. The highest BCUT2D eigenvalue weighted by molar-refractivity contribution is 7.92. The molecule has 0 bridgehead atoms. The van der Waals surface area contributed by atoms with Gasteiger partial charge in [0.1, 0.15) is 5.75 Å². The van der Waals surface area contributed by atoms with E-state index in [1.807, 2.05) is 32.9 Å². The molecule has 32 heavy (non-hydrogen) atoms. The van der Waals surface area contributed by atoms with Gasteiger partial charge in [-0.2, -0.15) is 0 Å². The van der Waals surface area contributed by atoms with E-state index in [0.29, 0.717) is 16.5 Å². The molecule has 0 aliphatic carbocycles. The minimum absolute atomic E-state index is 0.142. The number of rotatable bonds is 7. The number of ether oxygens (including phenoxy) is 1. The normalized spacial score (nSPS) is 11.2. The number of halogens is 1. The number of hydrogen-bond acceptors (Lipinski definition) is 4. The number of anilines is 2. The number of aryl methyl sites for hydroxylation is 3. The highest BCUT2D eigenvalue weighted by atomic mass is 35.5. The van der Waals surface area contributed by atoms with E-state index in [0.717, 1.165) is 22.4 Å². The minimum atomic E-state index is -3.72. The maximum atomic E-state index is 12.8. The molecule has 0 unspecified atom stereocenters. The number of nitrogens with one attached hydrogen (secondary N) is 1. The smallest absolute Gasteiger partial charge is 0.264 e. The molecule has 0 aliphatic heterocycles. The molecule has 6 nitrogen and oxygen atoms in total. The second-order valence-electron chi connectivity index (χ2n) is 7.53. The lowest BCUT2D eigenvalue weighted by atomic mass is 10.1. The van der Waals surface area contributed by atoms with E-state index >= 15 is 0 Å². The maximum absolute atomic E-state index is 12.8. The highest BCUT2D eigenvalue weighted by Gasteiger charge is 2.21. The van der Waals surface area contributed by atoms with Gasteiger partial charge in [-0.25, -0.2) is 8.42 Å². The van der Waals surface area contributed by atoms with Crippen LogP contribution in [0.3, 0.4) is 0 Å². The third-order valence-electron chi connectivity index (χ3n) is 4.98. The van der Waals surface area contributed by atoms with Crippen molar-refractivity contribution < 1.29 is 17.9 Å². The summed E-state index contributed by atoms with van der Waals surface area (Å²) in [5.74, 6) is 0.185. The largest absolute Gasteiger partial charge is 0.484 e. The van der Waals surface area contributed by atoms with Crippen molar-refractivity contribution in [2.45, 2.75) is 25.7 Å². The van der Waals surface area contributed by atoms with Gasteiger partial charge >= 0.3 is 0 Å². The zero-order valence-corrected chi connectivity index (χ0v) is 19.9. The highest BCUT2D eigenvalue weighted by Crippen LogP contribution is 2.25. The Morgan fingerprint density at radius 1 is 0.969 bits per heavy atom. The summed E-state index contributed by atoms with van der Waals surface area (Å²) in [5, 5.41) is 3.35. The molecular weight excluding hydrogens is 448 g/mol. The molecule has 1 N–H and O–H groups in total. The summed E-state index contributed by atoms with van der Waals surface area (Å²) >= 11 is 5.84. The van der Waals surface area contributed by atoms with Crippen molar-refractivity contribution in [3.05, 3.63) is 82.4 Å². The molecule has 0 saturated heterocycles. The number of benzene rings is 3. The lowest BCUT2D eigenvalue weighted by Gasteiger charge is -2.20. The third-order valence-corrected chi connectivity index (χ3v) is 7.04. The monoisotopic (exact) mass is 472 g/mol. The molecule has 3 aromatic carbocycles. The molecule has 3 aromatic rings. The Morgan fingerprint density at radius 3 is 2.09 bits per heavy atom. The van der Waals surface area contributed by atoms with E-state index < -0.39 is 10.0 Å². The Hall–Kier alpha value is -3.03. The van der Waals surface area contributed by atoms with Gasteiger partial charge in [0.05, 0.1) is 10.6 Å². The maximum Gasteiger partial charge on any atom is 0.264 e. The molecular formula is C24H25ClN2O4S. The van der Waals surface area contributed by atoms with Crippen LogP contribution in [0.4, 0.5) is 11.4 Å². The van der Waals surface area contributed by atoms with Gasteiger partial charge in [0.2, 0.25) is 0 Å². The Kier molecular flexibility index (Phi) is 7.11. The molecule has 0 atom stereocenters. The molecule has 168 valence electrons. The lowest BCUT2D eigenvalue weighted by Crippen LogP contribution is -2.26. The first kappa shape index (κ1) is 23.6. The minimum Gasteiger partial charge on any atom is -0.484 e. The average Bonchev–Trinajstić information content (AvgIpc) is 2.75. The first-order valence-electron chi connectivity index (χ1n) is 9.93. The predicted octanol–water partition coefficient (Wildman–Crippen LogP) is 5.11. The number of nitrogens with zero attached hydrogens (tertiary/aromatic N) is 1. The zero-order valence-electron chi connectivity index (χ0n) is 18.3. The molecule has 0 saturated carbocycles. The van der Waals surface area contributed by atoms with Gasteiger partial charge in [0, 0.05) is 17.8 Å². The molecule has 0 fully saturated rings. The van der Waals surface area contributed by atoms with Crippen molar-refractivity contribution >= 4 is 38.9 Å². The number of carbonyl (C=O) groups is 1. The number of carbonyl (C=O) groups excluding carboxylic acids is 1. The molecule has 0 radical (unpaired) electrons. The van der Waals surface area contributed by atoms with Crippen LogP contribution in [0.1, 0.15) is 16.7 Å². The summed E-state index contributed by atoms with van der Waals surface area (Å²) < 4.78 is 32.3. The topological polar surface area (TPSA) is 75.7 Å². The van der Waals surface area contributed by atoms with Gasteiger partial charge < -0.3 is 10.1 Å². The fourth-order valence-corrected chi connectivity index (χ4v) is 4.68. The van der Waals surface area contributed by atoms with E-state index in [9.17, 15) is 13.2 Å². The van der Waals surface area contributed by atoms with Gasteiger partial charge in [0.15, 0.2) is 6.61 Å². The van der Waals surface area contributed by atoms with Crippen molar-refractivity contribution in [2.24, 2.45) is 0 Å². The van der Waals surface area contributed by atoms with E-state index in [1.54, 1.807) is 24.3 Å². The standard InChI is InChI=1S/C24H25ClN2O4S/c1-16-13-17(2)24(18(3)14-16)26-23(28)15-31-21-9-7-20(8-10-21)27(4)32(29,30)22-11-5-19(25)6-12-22/h5-14H,15H2,1-4H3,(H,26,28). The Morgan fingerprint density at radius 2 is 1.53 bits per heavy atom. The first-order valence-corrected chi connectivity index (χ1v) is 11.7. The first-order chi connectivity index (χ1) is 15.1. The van der Waals surface area contributed by atoms with Crippen LogP contribution >= 0.6 is 11.6 Å². The van der Waals surface area contributed by atoms with Crippen molar-refractivity contribution in [2.75, 3.05) is 23.3 Å². The van der Waals surface area contributed by atoms with Crippen molar-refractivity contribution in [3.63, 3.8) is 0 Å². The Labute approximate surface area is 193 Å². The number of amides is 1. The summed E-state index contributed by atoms with van der Waals surface area (Å²) in [5.41, 5.74) is 4.36. The third kappa shape index (κ3) is 5.41. The number of hydrogen-bond donors (Lipinski definition) is 1. The van der Waals surface area contributed by atoms with Crippen LogP contribution in [0.25, 0.3) is 0 Å². The molecule has 1 amide bonds. The van der Waals surface area contributed by atoms with Crippen molar-refractivity contribution in [1.82, 2.24) is 0 Å². The fourth-order valence-electron chi connectivity index (χ4n) is 3.36. The van der Waals surface area contributed by atoms with Gasteiger partial charge in [-0.05, 0) is 80.4 Å². The Balaban J connectivity index is 1.63. The quantitative estimate of drug-likeness (QED) is 0.518. The van der Waals surface area contributed by atoms with Gasteiger partial charge in [-0.1, -0.05) is 29.3 Å². The fraction of sp³-hybridized carbons (Fsp3) is 0.208.